The van der Waals surface area contributed by atoms with Crippen LogP contribution in [0.2, 0.25) is 5.02 Å². The van der Waals surface area contributed by atoms with Gasteiger partial charge in [0.05, 0.1) is 16.3 Å². The molecule has 8 rings (SSSR count). The van der Waals surface area contributed by atoms with Crippen LogP contribution < -0.4 is 10.6 Å². The lowest BCUT2D eigenvalue weighted by molar-refractivity contribution is -0.144. The number of β-amino-alcohol motifs (C(OH)–C–C–N with tert-alkyl or cyclic N) is 1. The van der Waals surface area contributed by atoms with Crippen LogP contribution >= 0.6 is 11.6 Å². The summed E-state index contributed by atoms with van der Waals surface area (Å²) < 4.78 is 0. The number of nitrogens with one attached hydrogen (secondary N) is 2. The van der Waals surface area contributed by atoms with Crippen LogP contribution in [0.1, 0.15) is 99.7 Å². The van der Waals surface area contributed by atoms with E-state index >= 15 is 0 Å². The second-order valence-electron chi connectivity index (χ2n) is 15.4. The van der Waals surface area contributed by atoms with Crippen LogP contribution in [0.4, 0.5) is 11.4 Å². The molecule has 4 aliphatic rings. The number of hydrogen-bond donors (Lipinski definition) is 4. The number of rotatable bonds is 11. The third-order valence-corrected chi connectivity index (χ3v) is 11.8. The van der Waals surface area contributed by atoms with Crippen molar-refractivity contribution in [3.8, 4) is 11.1 Å². The van der Waals surface area contributed by atoms with Gasteiger partial charge < -0.3 is 20.8 Å². The Morgan fingerprint density at radius 3 is 2.33 bits per heavy atom. The van der Waals surface area contributed by atoms with Crippen molar-refractivity contribution >= 4 is 40.8 Å². The third-order valence-electron chi connectivity index (χ3n) is 11.4. The summed E-state index contributed by atoms with van der Waals surface area (Å²) >= 11 is 6.96. The maximum Gasteiger partial charge on any atom is 0.320 e. The summed E-state index contributed by atoms with van der Waals surface area (Å²) in [5, 5.41) is 26.5. The molecule has 2 aliphatic heterocycles. The van der Waals surface area contributed by atoms with Crippen LogP contribution in [0.25, 0.3) is 11.1 Å². The molecular weight excluding hydrogens is 704 g/mol. The highest BCUT2D eigenvalue weighted by Crippen LogP contribution is 2.43. The first-order valence-corrected chi connectivity index (χ1v) is 19.3. The number of pyridine rings is 2. The number of aromatic nitrogens is 2. The van der Waals surface area contributed by atoms with Gasteiger partial charge in [0.2, 0.25) is 0 Å². The van der Waals surface area contributed by atoms with E-state index in [2.05, 4.69) is 25.5 Å². The first kappa shape index (κ1) is 36.3. The van der Waals surface area contributed by atoms with Crippen molar-refractivity contribution in [2.24, 2.45) is 0 Å². The van der Waals surface area contributed by atoms with Gasteiger partial charge in [0.25, 0.3) is 11.8 Å². The molecule has 0 spiro atoms. The van der Waals surface area contributed by atoms with Gasteiger partial charge in [-0.1, -0.05) is 42.3 Å². The summed E-state index contributed by atoms with van der Waals surface area (Å²) in [4.78, 5) is 52.3. The number of amides is 2. The summed E-state index contributed by atoms with van der Waals surface area (Å²) in [6, 6.07) is 14.3. The minimum absolute atomic E-state index is 0.312. The normalized spacial score (nSPS) is 19.5. The van der Waals surface area contributed by atoms with E-state index in [1.165, 1.54) is 0 Å². The minimum atomic E-state index is -0.788. The maximum absolute atomic E-state index is 13.6. The minimum Gasteiger partial charge on any atom is -0.480 e. The molecule has 0 radical (unpaired) electrons. The lowest BCUT2D eigenvalue weighted by atomic mass is 9.98. The highest BCUT2D eigenvalue weighted by atomic mass is 35.5. The molecule has 2 aliphatic carbocycles. The average molecular weight is 749 g/mol. The molecule has 2 aromatic carbocycles. The zero-order valence-electron chi connectivity index (χ0n) is 30.4. The summed E-state index contributed by atoms with van der Waals surface area (Å²) in [7, 11) is 0. The van der Waals surface area contributed by atoms with Gasteiger partial charge in [-0.25, -0.2) is 0 Å². The monoisotopic (exact) mass is 748 g/mol. The number of likely N-dealkylation sites (tertiary alicyclic amines) is 1. The number of aliphatic hydroxyl groups is 1. The lowest BCUT2D eigenvalue weighted by Gasteiger charge is -2.33. The number of benzene rings is 2. The number of hydrogen-bond acceptors (Lipinski definition) is 8. The molecule has 1 saturated heterocycles. The molecule has 0 bridgehead atoms. The first-order chi connectivity index (χ1) is 26.0. The quantitative estimate of drug-likeness (QED) is 0.130. The number of piperidine rings is 1. The zero-order chi connectivity index (χ0) is 37.6. The van der Waals surface area contributed by atoms with Crippen molar-refractivity contribution in [2.45, 2.75) is 88.9 Å². The Morgan fingerprint density at radius 1 is 0.889 bits per heavy atom. The molecule has 2 amide bonds. The van der Waals surface area contributed by atoms with Crippen LogP contribution in [0.3, 0.4) is 0 Å². The number of carboxylic acid groups (broad SMARTS) is 1. The van der Waals surface area contributed by atoms with E-state index in [1.54, 1.807) is 18.5 Å². The standard InChI is InChI=1S/C42H45ClN6O5/c1-25-30(31-7-5-9-34(38(31)43)47-39(50)35-18-27-13-17-48(22-28(27)20-44-35)24-42(54)14-15-42)6-4-8-33(25)46-40(51)36-19-32(26-11-12-26)29(21-45-36)23-49-16-3-2-10-37(49)41(52)53/h4-9,18-21,26,37,54H,2-3,10-17,22-24H2,1H3,(H,46,51)(H,47,50)(H,52,53)/t37-/m0/s1. The molecule has 4 N–H and O–H groups in total. The molecule has 12 heteroatoms. The predicted molar refractivity (Wildman–Crippen MR) is 207 cm³/mol. The second-order valence-corrected chi connectivity index (χ2v) is 15.8. The van der Waals surface area contributed by atoms with Crippen LogP contribution in [-0.4, -0.2) is 79.0 Å². The molecule has 4 heterocycles. The Morgan fingerprint density at radius 2 is 1.59 bits per heavy atom. The smallest absolute Gasteiger partial charge is 0.320 e. The highest BCUT2D eigenvalue weighted by molar-refractivity contribution is 6.36. The zero-order valence-corrected chi connectivity index (χ0v) is 31.2. The van der Waals surface area contributed by atoms with Gasteiger partial charge in [-0.15, -0.1) is 0 Å². The van der Waals surface area contributed by atoms with Gasteiger partial charge in [0.15, 0.2) is 0 Å². The summed E-state index contributed by atoms with van der Waals surface area (Å²) in [6.45, 7) is 5.36. The molecule has 2 aromatic heterocycles. The van der Waals surface area contributed by atoms with Gasteiger partial charge in [-0.3, -0.25) is 34.2 Å². The molecule has 4 aromatic rings. The fraction of sp³-hybridized carbons (Fsp3) is 0.405. The maximum atomic E-state index is 13.6. The van der Waals surface area contributed by atoms with E-state index in [0.29, 0.717) is 65.3 Å². The van der Waals surface area contributed by atoms with E-state index in [4.69, 9.17) is 11.6 Å². The van der Waals surface area contributed by atoms with Crippen molar-refractivity contribution in [3.63, 3.8) is 0 Å². The van der Waals surface area contributed by atoms with Crippen LogP contribution in [0.15, 0.2) is 60.9 Å². The van der Waals surface area contributed by atoms with Gasteiger partial charge in [-0.05, 0) is 122 Å². The summed E-state index contributed by atoms with van der Waals surface area (Å²) in [5.74, 6) is -1.12. The number of nitrogens with zero attached hydrogens (tertiary/aromatic N) is 4. The Hall–Kier alpha value is -4.68. The van der Waals surface area contributed by atoms with Crippen molar-refractivity contribution in [1.82, 2.24) is 19.8 Å². The molecule has 1 atom stereocenters. The van der Waals surface area contributed by atoms with Gasteiger partial charge in [-0.2, -0.15) is 0 Å². The highest BCUT2D eigenvalue weighted by Gasteiger charge is 2.42. The SMILES string of the molecule is Cc1c(NC(=O)c2cc(C3CC3)c(CN3CCCC[C@H]3C(=O)O)cn2)cccc1-c1cccc(NC(=O)c2cc3c(cn2)CN(CC2(O)CC2)CC3)c1Cl. The van der Waals surface area contributed by atoms with E-state index in [-0.39, 0.29) is 11.8 Å². The van der Waals surface area contributed by atoms with Crippen LogP contribution in [0.5, 0.6) is 0 Å². The van der Waals surface area contributed by atoms with Crippen LogP contribution in [0, 0.1) is 6.92 Å². The molecule has 0 unspecified atom stereocenters. The van der Waals surface area contributed by atoms with Gasteiger partial charge >= 0.3 is 5.97 Å². The van der Waals surface area contributed by atoms with Gasteiger partial charge in [0, 0.05) is 49.8 Å². The number of halogens is 1. The van der Waals surface area contributed by atoms with Crippen molar-refractivity contribution in [1.29, 1.82) is 0 Å². The van der Waals surface area contributed by atoms with E-state index in [0.717, 1.165) is 91.4 Å². The van der Waals surface area contributed by atoms with Crippen LogP contribution in [-0.2, 0) is 24.3 Å². The van der Waals surface area contributed by atoms with Crippen molar-refractivity contribution in [3.05, 3.63) is 105 Å². The fourth-order valence-corrected chi connectivity index (χ4v) is 8.23. The molecule has 3 fully saturated rings. The first-order valence-electron chi connectivity index (χ1n) is 18.9. The molecule has 11 nitrogen and oxygen atoms in total. The topological polar surface area (TPSA) is 148 Å². The summed E-state index contributed by atoms with van der Waals surface area (Å²) in [5.41, 5.74) is 7.68. The summed E-state index contributed by atoms with van der Waals surface area (Å²) in [6.07, 6.45) is 10.6. The second kappa shape index (κ2) is 14.9. The Balaban J connectivity index is 0.962. The molecular formula is C42H45ClN6O5. The van der Waals surface area contributed by atoms with Crippen molar-refractivity contribution in [2.75, 3.05) is 30.3 Å². The number of carbonyl (C=O) groups is 3. The Kier molecular flexibility index (Phi) is 9.99. The van der Waals surface area contributed by atoms with E-state index < -0.39 is 17.6 Å². The largest absolute Gasteiger partial charge is 0.480 e. The third kappa shape index (κ3) is 7.77. The Labute approximate surface area is 319 Å². The lowest BCUT2D eigenvalue weighted by Crippen LogP contribution is -2.44. The molecule has 2 saturated carbocycles. The average Bonchev–Trinajstić information content (AvgIpc) is 4.12. The predicted octanol–water partition coefficient (Wildman–Crippen LogP) is 6.81. The Bertz CT molecular complexity index is 2130. The van der Waals surface area contributed by atoms with E-state index in [1.807, 2.05) is 54.3 Å². The number of carbonyl (C=O) groups excluding carboxylic acids is 2. The number of aliphatic carboxylic acids is 1. The number of fused-ring (bicyclic) bond motifs is 1. The number of anilines is 2. The fourth-order valence-electron chi connectivity index (χ4n) is 7.96. The molecule has 54 heavy (non-hydrogen) atoms. The van der Waals surface area contributed by atoms with Gasteiger partial charge in [0.1, 0.15) is 17.4 Å². The number of carboxylic acids is 1. The van der Waals surface area contributed by atoms with E-state index in [9.17, 15) is 24.6 Å². The molecule has 280 valence electrons. The van der Waals surface area contributed by atoms with Crippen molar-refractivity contribution < 1.29 is 24.6 Å².